The number of rotatable bonds is 5. The van der Waals surface area contributed by atoms with Crippen molar-refractivity contribution < 1.29 is 4.79 Å². The first-order chi connectivity index (χ1) is 8.40. The Kier molecular flexibility index (Phi) is 5.35. The Hall–Kier alpha value is -1.35. The third kappa shape index (κ3) is 4.49. The topological polar surface area (TPSA) is 55.1 Å². The minimum absolute atomic E-state index is 0.00315. The maximum Gasteiger partial charge on any atom is 0.237 e. The molecule has 1 amide bonds. The van der Waals surface area contributed by atoms with Crippen molar-refractivity contribution in [2.75, 3.05) is 0 Å². The Morgan fingerprint density at radius 2 is 1.72 bits per heavy atom. The van der Waals surface area contributed by atoms with Crippen molar-refractivity contribution in [2.45, 2.75) is 46.2 Å². The van der Waals surface area contributed by atoms with E-state index in [1.165, 1.54) is 5.56 Å². The van der Waals surface area contributed by atoms with Crippen LogP contribution in [0.25, 0.3) is 0 Å². The first kappa shape index (κ1) is 14.7. The highest BCUT2D eigenvalue weighted by molar-refractivity contribution is 5.81. The molecule has 3 heteroatoms. The van der Waals surface area contributed by atoms with Gasteiger partial charge < -0.3 is 11.1 Å². The SMILES string of the molecule is CC(C)Cc1ccc(C(C)NC(=O)[C@@H](C)N)cc1. The standard InChI is InChI=1S/C15H24N2O/c1-10(2)9-13-5-7-14(8-6-13)12(4)17-15(18)11(3)16/h5-8,10-12H,9,16H2,1-4H3,(H,17,18)/t11-,12?/m1/s1. The van der Waals surface area contributed by atoms with E-state index in [4.69, 9.17) is 5.73 Å². The van der Waals surface area contributed by atoms with Crippen LogP contribution in [0, 0.1) is 5.92 Å². The van der Waals surface area contributed by atoms with E-state index in [9.17, 15) is 4.79 Å². The van der Waals surface area contributed by atoms with Gasteiger partial charge >= 0.3 is 0 Å². The van der Waals surface area contributed by atoms with Gasteiger partial charge in [0, 0.05) is 0 Å². The van der Waals surface area contributed by atoms with Gasteiger partial charge in [-0.3, -0.25) is 4.79 Å². The lowest BCUT2D eigenvalue weighted by Gasteiger charge is -2.16. The second-order valence-electron chi connectivity index (χ2n) is 5.36. The number of hydrogen-bond donors (Lipinski definition) is 2. The van der Waals surface area contributed by atoms with E-state index < -0.39 is 6.04 Å². The molecule has 0 aliphatic carbocycles. The molecule has 0 aliphatic heterocycles. The van der Waals surface area contributed by atoms with Crippen molar-refractivity contribution in [2.24, 2.45) is 11.7 Å². The van der Waals surface area contributed by atoms with Crippen LogP contribution >= 0.6 is 0 Å². The van der Waals surface area contributed by atoms with Gasteiger partial charge in [0.05, 0.1) is 12.1 Å². The molecule has 0 saturated heterocycles. The smallest absolute Gasteiger partial charge is 0.237 e. The summed E-state index contributed by atoms with van der Waals surface area (Å²) in [5.74, 6) is 0.542. The molecule has 0 spiro atoms. The van der Waals surface area contributed by atoms with Gasteiger partial charge in [-0.1, -0.05) is 38.1 Å². The summed E-state index contributed by atoms with van der Waals surface area (Å²) < 4.78 is 0. The molecule has 1 unspecified atom stereocenters. The van der Waals surface area contributed by atoms with Crippen LogP contribution in [0.3, 0.4) is 0 Å². The number of amides is 1. The highest BCUT2D eigenvalue weighted by Crippen LogP contribution is 2.15. The second-order valence-corrected chi connectivity index (χ2v) is 5.36. The van der Waals surface area contributed by atoms with Gasteiger partial charge in [-0.2, -0.15) is 0 Å². The van der Waals surface area contributed by atoms with E-state index in [1.54, 1.807) is 6.92 Å². The van der Waals surface area contributed by atoms with Gasteiger partial charge in [0.2, 0.25) is 5.91 Å². The molecule has 0 bridgehead atoms. The van der Waals surface area contributed by atoms with E-state index in [0.717, 1.165) is 12.0 Å². The fraction of sp³-hybridized carbons (Fsp3) is 0.533. The van der Waals surface area contributed by atoms with Crippen LogP contribution in [-0.4, -0.2) is 11.9 Å². The van der Waals surface area contributed by atoms with Crippen molar-refractivity contribution in [3.63, 3.8) is 0 Å². The van der Waals surface area contributed by atoms with Crippen LogP contribution in [0.15, 0.2) is 24.3 Å². The van der Waals surface area contributed by atoms with Gasteiger partial charge in [-0.05, 0) is 37.3 Å². The quantitative estimate of drug-likeness (QED) is 0.840. The summed E-state index contributed by atoms with van der Waals surface area (Å²) >= 11 is 0. The average molecular weight is 248 g/mol. The van der Waals surface area contributed by atoms with Crippen LogP contribution in [0.1, 0.15) is 44.9 Å². The Morgan fingerprint density at radius 3 is 2.17 bits per heavy atom. The number of benzene rings is 1. The summed E-state index contributed by atoms with van der Waals surface area (Å²) in [7, 11) is 0. The van der Waals surface area contributed by atoms with Gasteiger partial charge in [-0.15, -0.1) is 0 Å². The number of carbonyl (C=O) groups excluding carboxylic acids is 1. The highest BCUT2D eigenvalue weighted by Gasteiger charge is 2.12. The summed E-state index contributed by atoms with van der Waals surface area (Å²) in [5, 5.41) is 2.89. The predicted molar refractivity (Wildman–Crippen MR) is 75.2 cm³/mol. The highest BCUT2D eigenvalue weighted by atomic mass is 16.2. The van der Waals surface area contributed by atoms with Crippen molar-refractivity contribution in [1.29, 1.82) is 0 Å². The first-order valence-electron chi connectivity index (χ1n) is 6.55. The summed E-state index contributed by atoms with van der Waals surface area (Å²) in [6.07, 6.45) is 1.08. The number of carbonyl (C=O) groups is 1. The van der Waals surface area contributed by atoms with Crippen molar-refractivity contribution >= 4 is 5.91 Å². The van der Waals surface area contributed by atoms with Crippen molar-refractivity contribution in [1.82, 2.24) is 5.32 Å². The largest absolute Gasteiger partial charge is 0.348 e. The molecule has 0 heterocycles. The summed E-state index contributed by atoms with van der Waals surface area (Å²) in [5.41, 5.74) is 7.97. The Balaban J connectivity index is 2.64. The third-order valence-electron chi connectivity index (χ3n) is 2.90. The monoisotopic (exact) mass is 248 g/mol. The van der Waals surface area contributed by atoms with Crippen LogP contribution in [-0.2, 0) is 11.2 Å². The van der Waals surface area contributed by atoms with E-state index in [2.05, 4.69) is 43.4 Å². The number of nitrogens with one attached hydrogen (secondary N) is 1. The molecule has 1 aromatic carbocycles. The number of hydrogen-bond acceptors (Lipinski definition) is 2. The minimum atomic E-state index is -0.465. The predicted octanol–water partition coefficient (Wildman–Crippen LogP) is 2.41. The molecule has 0 fully saturated rings. The molecule has 3 nitrogen and oxygen atoms in total. The fourth-order valence-electron chi connectivity index (χ4n) is 1.84. The second kappa shape index (κ2) is 6.55. The Morgan fingerprint density at radius 1 is 1.17 bits per heavy atom. The molecule has 1 rings (SSSR count). The van der Waals surface area contributed by atoms with E-state index in [-0.39, 0.29) is 11.9 Å². The third-order valence-corrected chi connectivity index (χ3v) is 2.90. The molecule has 100 valence electrons. The summed E-state index contributed by atoms with van der Waals surface area (Å²) in [4.78, 5) is 11.5. The van der Waals surface area contributed by atoms with Crippen LogP contribution in [0.2, 0.25) is 0 Å². The molecule has 0 aromatic heterocycles. The lowest BCUT2D eigenvalue weighted by molar-refractivity contribution is -0.122. The molecular weight excluding hydrogens is 224 g/mol. The lowest BCUT2D eigenvalue weighted by atomic mass is 10.00. The van der Waals surface area contributed by atoms with E-state index >= 15 is 0 Å². The molecule has 2 atom stereocenters. The zero-order valence-corrected chi connectivity index (χ0v) is 11.7. The van der Waals surface area contributed by atoms with Gasteiger partial charge in [0.1, 0.15) is 0 Å². The van der Waals surface area contributed by atoms with Crippen LogP contribution < -0.4 is 11.1 Å². The summed E-state index contributed by atoms with van der Waals surface area (Å²) in [6, 6.07) is 7.94. The van der Waals surface area contributed by atoms with E-state index in [1.807, 2.05) is 6.92 Å². The normalized spacial score (nSPS) is 14.3. The molecule has 3 N–H and O–H groups in total. The van der Waals surface area contributed by atoms with Crippen LogP contribution in [0.4, 0.5) is 0 Å². The van der Waals surface area contributed by atoms with Crippen molar-refractivity contribution in [3.8, 4) is 0 Å². The minimum Gasteiger partial charge on any atom is -0.348 e. The Bertz CT molecular complexity index is 382. The molecule has 1 aromatic rings. The maximum atomic E-state index is 11.5. The zero-order chi connectivity index (χ0) is 13.7. The van der Waals surface area contributed by atoms with Gasteiger partial charge in [0.25, 0.3) is 0 Å². The molecule has 0 saturated carbocycles. The molecule has 18 heavy (non-hydrogen) atoms. The fourth-order valence-corrected chi connectivity index (χ4v) is 1.84. The van der Waals surface area contributed by atoms with Crippen LogP contribution in [0.5, 0.6) is 0 Å². The number of nitrogens with two attached hydrogens (primary N) is 1. The van der Waals surface area contributed by atoms with E-state index in [0.29, 0.717) is 5.92 Å². The first-order valence-corrected chi connectivity index (χ1v) is 6.55. The van der Waals surface area contributed by atoms with Gasteiger partial charge in [-0.25, -0.2) is 0 Å². The zero-order valence-electron chi connectivity index (χ0n) is 11.7. The summed E-state index contributed by atoms with van der Waals surface area (Å²) in [6.45, 7) is 8.07. The van der Waals surface area contributed by atoms with Crippen molar-refractivity contribution in [3.05, 3.63) is 35.4 Å². The Labute approximate surface area is 110 Å². The molecular formula is C15H24N2O. The molecule has 0 aliphatic rings. The molecule has 0 radical (unpaired) electrons. The average Bonchev–Trinajstić information content (AvgIpc) is 2.28. The van der Waals surface area contributed by atoms with Gasteiger partial charge in [0.15, 0.2) is 0 Å². The lowest BCUT2D eigenvalue weighted by Crippen LogP contribution is -2.39. The maximum absolute atomic E-state index is 11.5.